The Hall–Kier alpha value is -2.82. The molecule has 0 heterocycles. The van der Waals surface area contributed by atoms with E-state index in [1.807, 2.05) is 45.0 Å². The van der Waals surface area contributed by atoms with Gasteiger partial charge in [0.25, 0.3) is 11.8 Å². The molecule has 2 aromatic rings. The standard InChI is InChI=1S/C21H26N2O3/c1-5-15(3)22-21(25)17-9-11-18(12-10-17)23-20(24)16(4)26-19-8-6-7-14(2)13-19/h6-13,15-16H,5H2,1-4H3,(H,22,25)(H,23,24). The molecule has 5 heteroatoms. The van der Waals surface area contributed by atoms with E-state index in [0.717, 1.165) is 12.0 Å². The molecule has 0 aliphatic rings. The topological polar surface area (TPSA) is 67.4 Å². The van der Waals surface area contributed by atoms with E-state index in [1.165, 1.54) is 0 Å². The fraction of sp³-hybridized carbons (Fsp3) is 0.333. The van der Waals surface area contributed by atoms with Crippen LogP contribution in [-0.2, 0) is 4.79 Å². The van der Waals surface area contributed by atoms with E-state index < -0.39 is 6.10 Å². The summed E-state index contributed by atoms with van der Waals surface area (Å²) in [5, 5.41) is 5.71. The van der Waals surface area contributed by atoms with E-state index in [2.05, 4.69) is 10.6 Å². The van der Waals surface area contributed by atoms with Crippen LogP contribution in [0.5, 0.6) is 5.75 Å². The molecule has 0 bridgehead atoms. The summed E-state index contributed by atoms with van der Waals surface area (Å²) in [5.74, 6) is 0.293. The number of aryl methyl sites for hydroxylation is 1. The minimum absolute atomic E-state index is 0.117. The Morgan fingerprint density at radius 1 is 1.08 bits per heavy atom. The fourth-order valence-corrected chi connectivity index (χ4v) is 2.30. The van der Waals surface area contributed by atoms with Gasteiger partial charge in [0.15, 0.2) is 6.10 Å². The van der Waals surface area contributed by atoms with Crippen LogP contribution < -0.4 is 15.4 Å². The van der Waals surface area contributed by atoms with Crippen LogP contribution in [0.4, 0.5) is 5.69 Å². The average Bonchev–Trinajstić information content (AvgIpc) is 2.62. The zero-order chi connectivity index (χ0) is 19.1. The van der Waals surface area contributed by atoms with Gasteiger partial charge >= 0.3 is 0 Å². The quantitative estimate of drug-likeness (QED) is 0.792. The molecule has 2 rings (SSSR count). The number of anilines is 1. The molecule has 0 aliphatic heterocycles. The highest BCUT2D eigenvalue weighted by Crippen LogP contribution is 2.16. The minimum Gasteiger partial charge on any atom is -0.481 e. The summed E-state index contributed by atoms with van der Waals surface area (Å²) in [7, 11) is 0. The summed E-state index contributed by atoms with van der Waals surface area (Å²) in [6.07, 6.45) is 0.240. The van der Waals surface area contributed by atoms with Gasteiger partial charge in [0.2, 0.25) is 0 Å². The van der Waals surface area contributed by atoms with Crippen LogP contribution in [0.3, 0.4) is 0 Å². The normalized spacial score (nSPS) is 12.8. The number of hydrogen-bond donors (Lipinski definition) is 2. The van der Waals surface area contributed by atoms with Crippen molar-refractivity contribution in [1.82, 2.24) is 5.32 Å². The van der Waals surface area contributed by atoms with Crippen molar-refractivity contribution in [2.75, 3.05) is 5.32 Å². The van der Waals surface area contributed by atoms with Gasteiger partial charge in [0, 0.05) is 17.3 Å². The third-order valence-electron chi connectivity index (χ3n) is 4.08. The van der Waals surface area contributed by atoms with Crippen molar-refractivity contribution in [1.29, 1.82) is 0 Å². The lowest BCUT2D eigenvalue weighted by molar-refractivity contribution is -0.122. The highest BCUT2D eigenvalue weighted by Gasteiger charge is 2.15. The number of amides is 2. The Balaban J connectivity index is 1.93. The lowest BCUT2D eigenvalue weighted by atomic mass is 10.1. The van der Waals surface area contributed by atoms with E-state index in [0.29, 0.717) is 17.0 Å². The molecule has 0 fully saturated rings. The maximum absolute atomic E-state index is 12.3. The smallest absolute Gasteiger partial charge is 0.265 e. The van der Waals surface area contributed by atoms with Crippen molar-refractivity contribution in [3.05, 3.63) is 59.7 Å². The van der Waals surface area contributed by atoms with Crippen molar-refractivity contribution < 1.29 is 14.3 Å². The van der Waals surface area contributed by atoms with Crippen molar-refractivity contribution in [2.24, 2.45) is 0 Å². The highest BCUT2D eigenvalue weighted by atomic mass is 16.5. The zero-order valence-electron chi connectivity index (χ0n) is 15.7. The lowest BCUT2D eigenvalue weighted by Gasteiger charge is -2.15. The zero-order valence-corrected chi connectivity index (χ0v) is 15.7. The summed E-state index contributed by atoms with van der Waals surface area (Å²) < 4.78 is 5.67. The molecule has 0 aliphatic carbocycles. The van der Waals surface area contributed by atoms with Crippen molar-refractivity contribution in [2.45, 2.75) is 46.3 Å². The second-order valence-corrected chi connectivity index (χ2v) is 6.43. The van der Waals surface area contributed by atoms with Crippen LogP contribution in [0.1, 0.15) is 43.1 Å². The summed E-state index contributed by atoms with van der Waals surface area (Å²) in [6.45, 7) is 7.65. The highest BCUT2D eigenvalue weighted by molar-refractivity contribution is 5.96. The Kier molecular flexibility index (Phi) is 6.78. The monoisotopic (exact) mass is 354 g/mol. The van der Waals surface area contributed by atoms with E-state index in [4.69, 9.17) is 4.74 Å². The largest absolute Gasteiger partial charge is 0.481 e. The molecule has 0 aromatic heterocycles. The van der Waals surface area contributed by atoms with Gasteiger partial charge in [-0.1, -0.05) is 19.1 Å². The first-order chi connectivity index (χ1) is 12.4. The molecule has 5 nitrogen and oxygen atoms in total. The van der Waals surface area contributed by atoms with Gasteiger partial charge in [-0.3, -0.25) is 9.59 Å². The van der Waals surface area contributed by atoms with E-state index in [1.54, 1.807) is 31.2 Å². The third kappa shape index (κ3) is 5.62. The third-order valence-corrected chi connectivity index (χ3v) is 4.08. The first-order valence-corrected chi connectivity index (χ1v) is 8.84. The molecule has 2 amide bonds. The molecule has 0 radical (unpaired) electrons. The average molecular weight is 354 g/mol. The Labute approximate surface area is 154 Å². The first-order valence-electron chi connectivity index (χ1n) is 8.84. The maximum atomic E-state index is 12.3. The van der Waals surface area contributed by atoms with Crippen LogP contribution in [-0.4, -0.2) is 24.0 Å². The second-order valence-electron chi connectivity index (χ2n) is 6.43. The minimum atomic E-state index is -0.634. The van der Waals surface area contributed by atoms with E-state index in [-0.39, 0.29) is 17.9 Å². The van der Waals surface area contributed by atoms with Gasteiger partial charge in [0.1, 0.15) is 5.75 Å². The van der Waals surface area contributed by atoms with Crippen LogP contribution in [0.25, 0.3) is 0 Å². The summed E-state index contributed by atoms with van der Waals surface area (Å²) in [5.41, 5.74) is 2.25. The van der Waals surface area contributed by atoms with Gasteiger partial charge in [-0.05, 0) is 69.2 Å². The number of benzene rings is 2. The fourth-order valence-electron chi connectivity index (χ4n) is 2.30. The molecule has 26 heavy (non-hydrogen) atoms. The number of hydrogen-bond acceptors (Lipinski definition) is 3. The maximum Gasteiger partial charge on any atom is 0.265 e. The molecule has 138 valence electrons. The van der Waals surface area contributed by atoms with Crippen molar-refractivity contribution >= 4 is 17.5 Å². The molecule has 2 N–H and O–H groups in total. The molecule has 2 unspecified atom stereocenters. The number of rotatable bonds is 7. The Bertz CT molecular complexity index is 756. The van der Waals surface area contributed by atoms with Gasteiger partial charge in [0.05, 0.1) is 0 Å². The first kappa shape index (κ1) is 19.5. The van der Waals surface area contributed by atoms with Crippen LogP contribution in [0.15, 0.2) is 48.5 Å². The number of ether oxygens (including phenoxy) is 1. The number of nitrogens with one attached hydrogen (secondary N) is 2. The lowest BCUT2D eigenvalue weighted by Crippen LogP contribution is -2.32. The molecule has 0 spiro atoms. The van der Waals surface area contributed by atoms with Crippen LogP contribution in [0, 0.1) is 6.92 Å². The number of carbonyl (C=O) groups is 2. The van der Waals surface area contributed by atoms with E-state index >= 15 is 0 Å². The van der Waals surface area contributed by atoms with Crippen LogP contribution >= 0.6 is 0 Å². The predicted molar refractivity (Wildman–Crippen MR) is 104 cm³/mol. The summed E-state index contributed by atoms with van der Waals surface area (Å²) in [6, 6.07) is 14.5. The van der Waals surface area contributed by atoms with Gasteiger partial charge in [-0.2, -0.15) is 0 Å². The molecule has 2 aromatic carbocycles. The summed E-state index contributed by atoms with van der Waals surface area (Å²) in [4.78, 5) is 24.4. The van der Waals surface area contributed by atoms with Crippen LogP contribution in [0.2, 0.25) is 0 Å². The Morgan fingerprint density at radius 3 is 2.38 bits per heavy atom. The van der Waals surface area contributed by atoms with Gasteiger partial charge in [-0.25, -0.2) is 0 Å². The molecule has 0 saturated heterocycles. The SMILES string of the molecule is CCC(C)NC(=O)c1ccc(NC(=O)C(C)Oc2cccc(C)c2)cc1. The molecular formula is C21H26N2O3. The van der Waals surface area contributed by atoms with E-state index in [9.17, 15) is 9.59 Å². The van der Waals surface area contributed by atoms with Gasteiger partial charge in [-0.15, -0.1) is 0 Å². The number of carbonyl (C=O) groups excluding carboxylic acids is 2. The Morgan fingerprint density at radius 2 is 1.77 bits per heavy atom. The molecule has 0 saturated carbocycles. The summed E-state index contributed by atoms with van der Waals surface area (Å²) >= 11 is 0. The van der Waals surface area contributed by atoms with Gasteiger partial charge < -0.3 is 15.4 Å². The van der Waals surface area contributed by atoms with Crippen molar-refractivity contribution in [3.8, 4) is 5.75 Å². The van der Waals surface area contributed by atoms with Crippen molar-refractivity contribution in [3.63, 3.8) is 0 Å². The second kappa shape index (κ2) is 9.04. The molecular weight excluding hydrogens is 328 g/mol. The molecule has 2 atom stereocenters. The predicted octanol–water partition coefficient (Wildman–Crippen LogP) is 3.93.